The number of amides is 3. The van der Waals surface area contributed by atoms with Crippen LogP contribution in [0.1, 0.15) is 36.5 Å². The third-order valence-electron chi connectivity index (χ3n) is 5.08. The normalized spacial score (nSPS) is 13.2. The van der Waals surface area contributed by atoms with E-state index in [4.69, 9.17) is 4.74 Å². The summed E-state index contributed by atoms with van der Waals surface area (Å²) in [5.41, 5.74) is 1.49. The molecule has 172 valence electrons. The molecule has 0 atom stereocenters. The number of hydrogen-bond donors (Lipinski definition) is 3. The Kier molecular flexibility index (Phi) is 8.38. The van der Waals surface area contributed by atoms with E-state index < -0.39 is 17.7 Å². The molecule has 0 aromatic heterocycles. The number of halogens is 2. The van der Waals surface area contributed by atoms with Crippen LogP contribution < -0.4 is 20.9 Å². The van der Waals surface area contributed by atoms with Crippen molar-refractivity contribution < 1.29 is 23.1 Å². The average Bonchev–Trinajstić information content (AvgIpc) is 3.30. The molecule has 3 N–H and O–H groups in total. The molecule has 0 bridgehead atoms. The molecule has 2 aromatic carbocycles. The predicted molar refractivity (Wildman–Crippen MR) is 120 cm³/mol. The van der Waals surface area contributed by atoms with E-state index in [2.05, 4.69) is 20.9 Å². The second-order valence-corrected chi connectivity index (χ2v) is 7.44. The van der Waals surface area contributed by atoms with E-state index in [9.17, 15) is 18.4 Å². The third kappa shape index (κ3) is 6.40. The Hall–Kier alpha value is -3.20. The van der Waals surface area contributed by atoms with E-state index >= 15 is 0 Å². The van der Waals surface area contributed by atoms with Gasteiger partial charge in [-0.15, -0.1) is 0 Å². The summed E-state index contributed by atoms with van der Waals surface area (Å²) >= 11 is 0. The van der Waals surface area contributed by atoms with Crippen molar-refractivity contribution in [1.82, 2.24) is 5.32 Å². The fraction of sp³-hybridized carbons (Fsp3) is 0.391. The maximum absolute atomic E-state index is 13.8. The lowest BCUT2D eigenvalue weighted by Gasteiger charge is -2.22. The smallest absolute Gasteiger partial charge is 0.323 e. The Bertz CT molecular complexity index is 949. The van der Waals surface area contributed by atoms with Crippen LogP contribution in [0.15, 0.2) is 36.4 Å². The Labute approximate surface area is 186 Å². The third-order valence-corrected chi connectivity index (χ3v) is 5.08. The molecule has 1 heterocycles. The number of nitrogens with one attached hydrogen (secondary N) is 3. The summed E-state index contributed by atoms with van der Waals surface area (Å²) < 4.78 is 32.1. The Morgan fingerprint density at radius 2 is 1.84 bits per heavy atom. The van der Waals surface area contributed by atoms with Crippen molar-refractivity contribution in [3.63, 3.8) is 0 Å². The minimum Gasteiger partial charge on any atom is -0.382 e. The largest absolute Gasteiger partial charge is 0.382 e. The van der Waals surface area contributed by atoms with Gasteiger partial charge in [0, 0.05) is 50.3 Å². The molecule has 0 aliphatic carbocycles. The van der Waals surface area contributed by atoms with Gasteiger partial charge in [0.15, 0.2) is 0 Å². The van der Waals surface area contributed by atoms with Crippen LogP contribution in [0, 0.1) is 11.6 Å². The van der Waals surface area contributed by atoms with Gasteiger partial charge in [0.25, 0.3) is 5.91 Å². The Balaban J connectivity index is 1.71. The molecule has 1 aliphatic rings. The van der Waals surface area contributed by atoms with Gasteiger partial charge in [0.1, 0.15) is 11.6 Å². The first-order valence-electron chi connectivity index (χ1n) is 10.8. The topological polar surface area (TPSA) is 82.7 Å². The summed E-state index contributed by atoms with van der Waals surface area (Å²) in [7, 11) is 0. The molecule has 7 nitrogen and oxygen atoms in total. The molecule has 1 saturated heterocycles. The highest BCUT2D eigenvalue weighted by Gasteiger charge is 2.20. The quantitative estimate of drug-likeness (QED) is 0.500. The lowest BCUT2D eigenvalue weighted by molar-refractivity contribution is 0.0944. The van der Waals surface area contributed by atoms with E-state index in [0.29, 0.717) is 43.5 Å². The molecule has 32 heavy (non-hydrogen) atoms. The number of rotatable bonds is 9. The number of benzene rings is 2. The van der Waals surface area contributed by atoms with Crippen molar-refractivity contribution in [3.8, 4) is 0 Å². The van der Waals surface area contributed by atoms with E-state index in [1.165, 1.54) is 0 Å². The number of ether oxygens (including phenoxy) is 1. The second kappa shape index (κ2) is 11.4. The van der Waals surface area contributed by atoms with Gasteiger partial charge in [-0.1, -0.05) is 0 Å². The standard InChI is InChI=1S/C23H28F2N4O3/c1-2-32-13-5-10-26-22(30)18-15-17(7-9-21(18)29-11-3-4-12-29)27-23(31)28-20-8-6-16(24)14-19(20)25/h6-9,14-15H,2-5,10-13H2,1H3,(H,26,30)(H2,27,28,31). The molecule has 2 aromatic rings. The number of carbonyl (C=O) groups excluding carboxylic acids is 2. The predicted octanol–water partition coefficient (Wildman–Crippen LogP) is 4.37. The molecule has 0 spiro atoms. The SMILES string of the molecule is CCOCCCNC(=O)c1cc(NC(=O)Nc2ccc(F)cc2F)ccc1N1CCCC1. The maximum atomic E-state index is 13.8. The van der Waals surface area contributed by atoms with Gasteiger partial charge in [-0.3, -0.25) is 4.79 Å². The second-order valence-electron chi connectivity index (χ2n) is 7.44. The van der Waals surface area contributed by atoms with Crippen LogP contribution in [0.25, 0.3) is 0 Å². The molecular formula is C23H28F2N4O3. The number of anilines is 3. The van der Waals surface area contributed by atoms with Crippen molar-refractivity contribution in [1.29, 1.82) is 0 Å². The van der Waals surface area contributed by atoms with E-state index in [1.54, 1.807) is 18.2 Å². The number of urea groups is 1. The van der Waals surface area contributed by atoms with Gasteiger partial charge in [0.05, 0.1) is 11.3 Å². The van der Waals surface area contributed by atoms with Crippen molar-refractivity contribution in [3.05, 3.63) is 53.6 Å². The summed E-state index contributed by atoms with van der Waals surface area (Å²) in [6.45, 7) is 5.31. The summed E-state index contributed by atoms with van der Waals surface area (Å²) in [5.74, 6) is -1.85. The van der Waals surface area contributed by atoms with Gasteiger partial charge < -0.3 is 25.6 Å². The van der Waals surface area contributed by atoms with Crippen molar-refractivity contribution >= 4 is 29.0 Å². The average molecular weight is 446 g/mol. The van der Waals surface area contributed by atoms with Crippen LogP contribution in [-0.4, -0.2) is 44.8 Å². The highest BCUT2D eigenvalue weighted by atomic mass is 19.1. The highest BCUT2D eigenvalue weighted by Crippen LogP contribution is 2.28. The van der Waals surface area contributed by atoms with Crippen LogP contribution in [0.5, 0.6) is 0 Å². The summed E-state index contributed by atoms with van der Waals surface area (Å²) in [6.07, 6.45) is 2.81. The summed E-state index contributed by atoms with van der Waals surface area (Å²) in [4.78, 5) is 27.3. The molecule has 0 radical (unpaired) electrons. The molecule has 0 saturated carbocycles. The molecule has 9 heteroatoms. The first-order chi connectivity index (χ1) is 15.5. The monoisotopic (exact) mass is 446 g/mol. The van der Waals surface area contributed by atoms with Gasteiger partial charge in [0.2, 0.25) is 0 Å². The van der Waals surface area contributed by atoms with E-state index in [1.807, 2.05) is 6.92 Å². The van der Waals surface area contributed by atoms with Gasteiger partial charge in [-0.05, 0) is 56.5 Å². The molecule has 1 aliphatic heterocycles. The fourth-order valence-corrected chi connectivity index (χ4v) is 3.52. The minimum atomic E-state index is -0.878. The molecule has 1 fully saturated rings. The first kappa shape index (κ1) is 23.5. The van der Waals surface area contributed by atoms with Crippen LogP contribution in [0.2, 0.25) is 0 Å². The zero-order chi connectivity index (χ0) is 22.9. The first-order valence-corrected chi connectivity index (χ1v) is 10.8. The van der Waals surface area contributed by atoms with Crippen molar-refractivity contribution in [2.24, 2.45) is 0 Å². The fourth-order valence-electron chi connectivity index (χ4n) is 3.52. The van der Waals surface area contributed by atoms with Gasteiger partial charge >= 0.3 is 6.03 Å². The minimum absolute atomic E-state index is 0.148. The number of carbonyl (C=O) groups is 2. The Morgan fingerprint density at radius 1 is 1.06 bits per heavy atom. The molecule has 0 unspecified atom stereocenters. The number of nitrogens with zero attached hydrogens (tertiary/aromatic N) is 1. The molecule has 3 rings (SSSR count). The Morgan fingerprint density at radius 3 is 2.56 bits per heavy atom. The van der Waals surface area contributed by atoms with Crippen LogP contribution >= 0.6 is 0 Å². The highest BCUT2D eigenvalue weighted by molar-refractivity contribution is 6.04. The lowest BCUT2D eigenvalue weighted by atomic mass is 10.1. The van der Waals surface area contributed by atoms with Crippen LogP contribution in [-0.2, 0) is 4.74 Å². The van der Waals surface area contributed by atoms with Gasteiger partial charge in [-0.2, -0.15) is 0 Å². The summed E-state index contributed by atoms with van der Waals surface area (Å²) in [6, 6.07) is 7.28. The van der Waals surface area contributed by atoms with Crippen LogP contribution in [0.4, 0.5) is 30.6 Å². The van der Waals surface area contributed by atoms with E-state index in [0.717, 1.165) is 43.8 Å². The molecule has 3 amide bonds. The zero-order valence-corrected chi connectivity index (χ0v) is 18.0. The van der Waals surface area contributed by atoms with Crippen LogP contribution in [0.3, 0.4) is 0 Å². The molecular weight excluding hydrogens is 418 g/mol. The lowest BCUT2D eigenvalue weighted by Crippen LogP contribution is -2.29. The summed E-state index contributed by atoms with van der Waals surface area (Å²) in [5, 5.41) is 7.84. The van der Waals surface area contributed by atoms with Crippen molar-refractivity contribution in [2.75, 3.05) is 48.4 Å². The number of hydrogen-bond acceptors (Lipinski definition) is 4. The van der Waals surface area contributed by atoms with Gasteiger partial charge in [-0.25, -0.2) is 13.6 Å². The maximum Gasteiger partial charge on any atom is 0.323 e. The van der Waals surface area contributed by atoms with Crippen molar-refractivity contribution in [2.45, 2.75) is 26.2 Å². The van der Waals surface area contributed by atoms with E-state index in [-0.39, 0.29) is 11.6 Å². The zero-order valence-electron chi connectivity index (χ0n) is 18.0.